The van der Waals surface area contributed by atoms with Crippen LogP contribution < -0.4 is 5.43 Å². The van der Waals surface area contributed by atoms with Crippen molar-refractivity contribution in [2.24, 2.45) is 5.10 Å². The summed E-state index contributed by atoms with van der Waals surface area (Å²) in [5.74, 6) is -1.64. The van der Waals surface area contributed by atoms with Gasteiger partial charge in [-0.15, -0.1) is 0 Å². The Hall–Kier alpha value is -3.15. The Kier molecular flexibility index (Phi) is 4.53. The van der Waals surface area contributed by atoms with E-state index in [1.807, 2.05) is 0 Å². The van der Waals surface area contributed by atoms with Crippen molar-refractivity contribution < 1.29 is 19.8 Å². The maximum absolute atomic E-state index is 12.0. The minimum Gasteiger partial charge on any atom is -0.508 e. The number of aromatic hydroxyl groups is 1. The summed E-state index contributed by atoms with van der Waals surface area (Å²) in [5.41, 5.74) is 3.54. The number of carboxylic acid groups (broad SMARTS) is 1. The highest BCUT2D eigenvalue weighted by molar-refractivity contribution is 6.05. The lowest BCUT2D eigenvalue weighted by atomic mass is 10.1. The predicted molar refractivity (Wildman–Crippen MR) is 81.2 cm³/mol. The fourth-order valence-corrected chi connectivity index (χ4v) is 1.83. The van der Waals surface area contributed by atoms with Gasteiger partial charge in [-0.1, -0.05) is 12.1 Å². The monoisotopic (exact) mass is 298 g/mol. The molecule has 112 valence electrons. The maximum atomic E-state index is 12.0. The summed E-state index contributed by atoms with van der Waals surface area (Å²) in [6.45, 7) is 1.69. The number of benzene rings is 2. The number of amides is 1. The first kappa shape index (κ1) is 15.2. The summed E-state index contributed by atoms with van der Waals surface area (Å²) >= 11 is 0. The van der Waals surface area contributed by atoms with Gasteiger partial charge in [0.15, 0.2) is 0 Å². The zero-order valence-electron chi connectivity index (χ0n) is 11.8. The van der Waals surface area contributed by atoms with Crippen molar-refractivity contribution in [2.75, 3.05) is 0 Å². The summed E-state index contributed by atoms with van der Waals surface area (Å²) in [6.07, 6.45) is 0. The molecule has 0 aliphatic heterocycles. The molecule has 0 fully saturated rings. The quantitative estimate of drug-likeness (QED) is 0.595. The minimum absolute atomic E-state index is 0.0391. The number of nitrogens with zero attached hydrogens (tertiary/aromatic N) is 1. The molecule has 22 heavy (non-hydrogen) atoms. The molecule has 0 saturated heterocycles. The number of nitrogens with one attached hydrogen (secondary N) is 1. The number of carboxylic acids is 1. The molecule has 0 saturated carbocycles. The Morgan fingerprint density at radius 3 is 2.18 bits per heavy atom. The molecule has 0 radical (unpaired) electrons. The lowest BCUT2D eigenvalue weighted by Crippen LogP contribution is -2.22. The van der Waals surface area contributed by atoms with Gasteiger partial charge in [-0.2, -0.15) is 5.10 Å². The van der Waals surface area contributed by atoms with Crippen LogP contribution in [0.2, 0.25) is 0 Å². The lowest BCUT2D eigenvalue weighted by molar-refractivity contribution is 0.0691. The molecule has 0 aliphatic carbocycles. The topological polar surface area (TPSA) is 99.0 Å². The van der Waals surface area contributed by atoms with Gasteiger partial charge in [0.2, 0.25) is 0 Å². The molecule has 2 rings (SSSR count). The zero-order chi connectivity index (χ0) is 16.1. The summed E-state index contributed by atoms with van der Waals surface area (Å²) in [7, 11) is 0. The molecule has 0 spiro atoms. The van der Waals surface area contributed by atoms with E-state index in [-0.39, 0.29) is 16.9 Å². The average molecular weight is 298 g/mol. The molecule has 3 N–H and O–H groups in total. The number of carbonyl (C=O) groups excluding carboxylic acids is 1. The number of phenols is 1. The third-order valence-electron chi connectivity index (χ3n) is 3.01. The van der Waals surface area contributed by atoms with Gasteiger partial charge < -0.3 is 10.2 Å². The molecule has 0 aliphatic rings. The molecule has 2 aromatic carbocycles. The van der Waals surface area contributed by atoms with E-state index < -0.39 is 11.9 Å². The van der Waals surface area contributed by atoms with Crippen molar-refractivity contribution in [3.63, 3.8) is 0 Å². The van der Waals surface area contributed by atoms with E-state index >= 15 is 0 Å². The van der Waals surface area contributed by atoms with Gasteiger partial charge in [0.1, 0.15) is 5.75 Å². The Morgan fingerprint density at radius 1 is 1.00 bits per heavy atom. The van der Waals surface area contributed by atoms with Crippen LogP contribution >= 0.6 is 0 Å². The van der Waals surface area contributed by atoms with Crippen LogP contribution in [0.15, 0.2) is 53.6 Å². The molecule has 6 nitrogen and oxygen atoms in total. The SMILES string of the molecule is C/C(=N\NC(=O)c1ccccc1C(=O)O)c1ccc(O)cc1. The largest absolute Gasteiger partial charge is 0.508 e. The first-order valence-electron chi connectivity index (χ1n) is 6.45. The van der Waals surface area contributed by atoms with Crippen LogP contribution in [-0.2, 0) is 0 Å². The Labute approximate surface area is 126 Å². The fraction of sp³-hybridized carbons (Fsp3) is 0.0625. The van der Waals surface area contributed by atoms with Gasteiger partial charge in [0.25, 0.3) is 5.91 Å². The molecule has 0 bridgehead atoms. The zero-order valence-corrected chi connectivity index (χ0v) is 11.8. The number of hydrazone groups is 1. The van der Waals surface area contributed by atoms with Crippen molar-refractivity contribution in [2.45, 2.75) is 6.92 Å². The van der Waals surface area contributed by atoms with Crippen LogP contribution in [0.25, 0.3) is 0 Å². The first-order chi connectivity index (χ1) is 10.5. The maximum Gasteiger partial charge on any atom is 0.336 e. The predicted octanol–water partition coefficient (Wildman–Crippen LogP) is 2.24. The molecular formula is C16H14N2O4. The van der Waals surface area contributed by atoms with Crippen molar-refractivity contribution >= 4 is 17.6 Å². The van der Waals surface area contributed by atoms with E-state index in [0.29, 0.717) is 5.71 Å². The fourth-order valence-electron chi connectivity index (χ4n) is 1.83. The van der Waals surface area contributed by atoms with Gasteiger partial charge in [-0.25, -0.2) is 10.2 Å². The first-order valence-corrected chi connectivity index (χ1v) is 6.45. The van der Waals surface area contributed by atoms with Crippen molar-refractivity contribution in [1.82, 2.24) is 5.43 Å². The second-order valence-corrected chi connectivity index (χ2v) is 4.54. The Bertz CT molecular complexity index is 736. The minimum atomic E-state index is -1.18. The number of hydrogen-bond acceptors (Lipinski definition) is 4. The third-order valence-corrected chi connectivity index (χ3v) is 3.01. The number of carbonyl (C=O) groups is 2. The highest BCUT2D eigenvalue weighted by atomic mass is 16.4. The average Bonchev–Trinajstić information content (AvgIpc) is 2.53. The van der Waals surface area contributed by atoms with Gasteiger partial charge in [-0.05, 0) is 48.9 Å². The molecule has 2 aromatic rings. The number of phenolic OH excluding ortho intramolecular Hbond substituents is 1. The van der Waals surface area contributed by atoms with Crippen LogP contribution in [0.1, 0.15) is 33.2 Å². The van der Waals surface area contributed by atoms with Crippen LogP contribution in [0.3, 0.4) is 0 Å². The van der Waals surface area contributed by atoms with Gasteiger partial charge >= 0.3 is 5.97 Å². The lowest BCUT2D eigenvalue weighted by Gasteiger charge is -2.05. The third kappa shape index (κ3) is 3.49. The second kappa shape index (κ2) is 6.53. The van der Waals surface area contributed by atoms with Crippen LogP contribution in [-0.4, -0.2) is 27.8 Å². The summed E-state index contributed by atoms with van der Waals surface area (Å²) < 4.78 is 0. The highest BCUT2D eigenvalue weighted by Gasteiger charge is 2.15. The molecule has 6 heteroatoms. The molecular weight excluding hydrogens is 284 g/mol. The van der Waals surface area contributed by atoms with Crippen LogP contribution in [0.5, 0.6) is 5.75 Å². The Morgan fingerprint density at radius 2 is 1.59 bits per heavy atom. The summed E-state index contributed by atoms with van der Waals surface area (Å²) in [6, 6.07) is 12.2. The summed E-state index contributed by atoms with van der Waals surface area (Å²) in [4.78, 5) is 23.1. The molecule has 0 unspecified atom stereocenters. The number of aromatic carboxylic acids is 1. The molecule has 0 aromatic heterocycles. The van der Waals surface area contributed by atoms with E-state index in [9.17, 15) is 14.7 Å². The van der Waals surface area contributed by atoms with E-state index in [0.717, 1.165) is 5.56 Å². The smallest absolute Gasteiger partial charge is 0.336 e. The van der Waals surface area contributed by atoms with Crippen molar-refractivity contribution in [1.29, 1.82) is 0 Å². The number of hydrogen-bond donors (Lipinski definition) is 3. The van der Waals surface area contributed by atoms with E-state index in [4.69, 9.17) is 5.11 Å². The van der Waals surface area contributed by atoms with E-state index in [1.54, 1.807) is 31.2 Å². The van der Waals surface area contributed by atoms with E-state index in [1.165, 1.54) is 24.3 Å². The number of rotatable bonds is 4. The molecule has 0 heterocycles. The molecule has 1 amide bonds. The van der Waals surface area contributed by atoms with Gasteiger partial charge in [0, 0.05) is 0 Å². The van der Waals surface area contributed by atoms with Gasteiger partial charge in [0.05, 0.1) is 16.8 Å². The standard InChI is InChI=1S/C16H14N2O4/c1-10(11-6-8-12(19)9-7-11)17-18-15(20)13-4-2-3-5-14(13)16(21)22/h2-9,19H,1H3,(H,18,20)(H,21,22)/b17-10+. The van der Waals surface area contributed by atoms with Gasteiger partial charge in [-0.3, -0.25) is 4.79 Å². The normalized spacial score (nSPS) is 11.0. The van der Waals surface area contributed by atoms with Crippen molar-refractivity contribution in [3.8, 4) is 5.75 Å². The van der Waals surface area contributed by atoms with E-state index in [2.05, 4.69) is 10.5 Å². The second-order valence-electron chi connectivity index (χ2n) is 4.54. The van der Waals surface area contributed by atoms with Crippen LogP contribution in [0.4, 0.5) is 0 Å². The summed E-state index contributed by atoms with van der Waals surface area (Å²) in [5, 5.41) is 22.2. The highest BCUT2D eigenvalue weighted by Crippen LogP contribution is 2.11. The Balaban J connectivity index is 2.17. The van der Waals surface area contributed by atoms with Crippen molar-refractivity contribution in [3.05, 3.63) is 65.2 Å². The molecule has 0 atom stereocenters. The van der Waals surface area contributed by atoms with Crippen LogP contribution in [0, 0.1) is 0 Å².